The molecule has 1 saturated heterocycles. The zero-order valence-corrected chi connectivity index (χ0v) is 10.9. The van der Waals surface area contributed by atoms with Gasteiger partial charge in [0.15, 0.2) is 0 Å². The highest BCUT2D eigenvalue weighted by atomic mass is 16.2. The average Bonchev–Trinajstić information content (AvgIpc) is 2.35. The highest BCUT2D eigenvalue weighted by Gasteiger charge is 2.24. The van der Waals surface area contributed by atoms with Gasteiger partial charge in [-0.3, -0.25) is 9.80 Å². The third-order valence-electron chi connectivity index (χ3n) is 2.98. The largest absolute Gasteiger partial charge is 0.334 e. The van der Waals surface area contributed by atoms with E-state index in [0.29, 0.717) is 13.1 Å². The minimum absolute atomic E-state index is 0.0282. The third-order valence-corrected chi connectivity index (χ3v) is 2.98. The van der Waals surface area contributed by atoms with Crippen LogP contribution in [0.4, 0.5) is 10.5 Å². The van der Waals surface area contributed by atoms with Gasteiger partial charge in [-0.1, -0.05) is 12.1 Å². The number of hydrogen-bond donors (Lipinski definition) is 2. The van der Waals surface area contributed by atoms with Crippen molar-refractivity contribution in [3.05, 3.63) is 29.8 Å². The van der Waals surface area contributed by atoms with Gasteiger partial charge in [-0.25, -0.2) is 10.6 Å². The number of nitrogens with one attached hydrogen (secondary N) is 1. The molecule has 3 amide bonds. The van der Waals surface area contributed by atoms with Crippen molar-refractivity contribution in [3.63, 3.8) is 0 Å². The molecule has 6 nitrogen and oxygen atoms in total. The summed E-state index contributed by atoms with van der Waals surface area (Å²) in [5, 5.41) is 3.92. The predicted octanol–water partition coefficient (Wildman–Crippen LogP) is 0.935. The Labute approximate surface area is 112 Å². The number of nitrogens with two attached hydrogens (primary N) is 1. The molecular formula is C13H18N4O2. The molecule has 19 heavy (non-hydrogen) atoms. The fourth-order valence-electron chi connectivity index (χ4n) is 2.05. The van der Waals surface area contributed by atoms with Crippen LogP contribution in [0.15, 0.2) is 24.3 Å². The van der Waals surface area contributed by atoms with Crippen LogP contribution in [0.1, 0.15) is 12.0 Å². The molecule has 1 aromatic carbocycles. The molecular weight excluding hydrogens is 244 g/mol. The van der Waals surface area contributed by atoms with E-state index in [1.165, 1.54) is 4.90 Å². The van der Waals surface area contributed by atoms with Gasteiger partial charge in [0.05, 0.1) is 0 Å². The molecule has 0 unspecified atom stereocenters. The maximum absolute atomic E-state index is 11.9. The molecule has 0 aromatic heterocycles. The molecule has 1 aliphatic heterocycles. The van der Waals surface area contributed by atoms with Crippen LogP contribution in [0, 0.1) is 6.92 Å². The number of hydrogen-bond acceptors (Lipinski definition) is 3. The van der Waals surface area contributed by atoms with E-state index in [1.54, 1.807) is 0 Å². The topological polar surface area (TPSA) is 78.7 Å². The summed E-state index contributed by atoms with van der Waals surface area (Å²) >= 11 is 0. The number of urea groups is 1. The van der Waals surface area contributed by atoms with Crippen LogP contribution in [0.3, 0.4) is 0 Å². The van der Waals surface area contributed by atoms with E-state index in [1.807, 2.05) is 31.2 Å². The van der Waals surface area contributed by atoms with Gasteiger partial charge in [-0.05, 0) is 31.0 Å². The zero-order chi connectivity index (χ0) is 13.8. The molecule has 1 aliphatic rings. The molecule has 6 heteroatoms. The molecule has 0 atom stereocenters. The second-order valence-corrected chi connectivity index (χ2v) is 4.67. The molecule has 102 valence electrons. The summed E-state index contributed by atoms with van der Waals surface area (Å²) in [6.07, 6.45) is 0.778. The monoisotopic (exact) mass is 262 g/mol. The maximum Gasteiger partial charge on any atom is 0.334 e. The van der Waals surface area contributed by atoms with Crippen molar-refractivity contribution < 1.29 is 9.59 Å². The summed E-state index contributed by atoms with van der Waals surface area (Å²) in [7, 11) is 0. The third kappa shape index (κ3) is 3.45. The summed E-state index contributed by atoms with van der Waals surface area (Å²) in [5.41, 5.74) is 1.80. The van der Waals surface area contributed by atoms with Gasteiger partial charge in [0.25, 0.3) is 0 Å². The maximum atomic E-state index is 11.9. The van der Waals surface area contributed by atoms with E-state index < -0.39 is 0 Å². The Bertz CT molecular complexity index is 489. The lowest BCUT2D eigenvalue weighted by Gasteiger charge is -2.32. The summed E-state index contributed by atoms with van der Waals surface area (Å²) in [6, 6.07) is 7.23. The van der Waals surface area contributed by atoms with Gasteiger partial charge in [0.1, 0.15) is 6.54 Å². The minimum Gasteiger partial charge on any atom is -0.325 e. The van der Waals surface area contributed by atoms with Crippen molar-refractivity contribution in [2.45, 2.75) is 13.3 Å². The normalized spacial score (nSPS) is 15.6. The molecule has 0 bridgehead atoms. The number of benzene rings is 1. The Hall–Kier alpha value is -2.08. The van der Waals surface area contributed by atoms with Crippen molar-refractivity contribution in [1.29, 1.82) is 0 Å². The van der Waals surface area contributed by atoms with E-state index in [2.05, 4.69) is 5.32 Å². The summed E-state index contributed by atoms with van der Waals surface area (Å²) in [5.74, 6) is 5.31. The smallest absolute Gasteiger partial charge is 0.325 e. The van der Waals surface area contributed by atoms with Crippen molar-refractivity contribution >= 4 is 17.6 Å². The summed E-state index contributed by atoms with van der Waals surface area (Å²) < 4.78 is 0. The molecule has 2 rings (SSSR count). The standard InChI is InChI=1S/C13H18N4O2/c1-10-4-2-5-11(8-10)15-12(18)9-16-6-3-7-17(14)13(16)19/h2,4-5,8H,3,6-7,9,14H2,1H3,(H,15,18). The van der Waals surface area contributed by atoms with Crippen molar-refractivity contribution in [3.8, 4) is 0 Å². The van der Waals surface area contributed by atoms with Crippen molar-refractivity contribution in [2.24, 2.45) is 5.84 Å². The first-order chi connectivity index (χ1) is 9.06. The zero-order valence-electron chi connectivity index (χ0n) is 10.9. The van der Waals surface area contributed by atoms with Gasteiger partial charge in [0, 0.05) is 18.8 Å². The van der Waals surface area contributed by atoms with Gasteiger partial charge < -0.3 is 10.2 Å². The Morgan fingerprint density at radius 2 is 2.21 bits per heavy atom. The Morgan fingerprint density at radius 3 is 2.95 bits per heavy atom. The van der Waals surface area contributed by atoms with Gasteiger partial charge in [0.2, 0.25) is 5.91 Å². The second kappa shape index (κ2) is 5.71. The predicted molar refractivity (Wildman–Crippen MR) is 72.3 cm³/mol. The second-order valence-electron chi connectivity index (χ2n) is 4.67. The number of aryl methyl sites for hydroxylation is 1. The number of rotatable bonds is 3. The highest BCUT2D eigenvalue weighted by Crippen LogP contribution is 2.10. The minimum atomic E-state index is -0.300. The van der Waals surface area contributed by atoms with Crippen LogP contribution >= 0.6 is 0 Å². The molecule has 1 heterocycles. The summed E-state index contributed by atoms with van der Waals surface area (Å²) in [6.45, 7) is 3.08. The highest BCUT2D eigenvalue weighted by molar-refractivity contribution is 5.94. The number of carbonyl (C=O) groups excluding carboxylic acids is 2. The van der Waals surface area contributed by atoms with E-state index in [4.69, 9.17) is 5.84 Å². The Kier molecular flexibility index (Phi) is 4.01. The lowest BCUT2D eigenvalue weighted by Crippen LogP contribution is -2.54. The van der Waals surface area contributed by atoms with Crippen LogP contribution in [0.5, 0.6) is 0 Å². The fourth-order valence-corrected chi connectivity index (χ4v) is 2.05. The molecule has 1 fully saturated rings. The number of anilines is 1. The van der Waals surface area contributed by atoms with Crippen LogP contribution in [0.2, 0.25) is 0 Å². The average molecular weight is 262 g/mol. The molecule has 3 N–H and O–H groups in total. The number of hydrazine groups is 1. The first kappa shape index (κ1) is 13.4. The van der Waals surface area contributed by atoms with Gasteiger partial charge in [-0.2, -0.15) is 0 Å². The Balaban J connectivity index is 1.92. The van der Waals surface area contributed by atoms with E-state index >= 15 is 0 Å². The lowest BCUT2D eigenvalue weighted by molar-refractivity contribution is -0.117. The van der Waals surface area contributed by atoms with E-state index in [0.717, 1.165) is 22.7 Å². The first-order valence-electron chi connectivity index (χ1n) is 6.24. The number of nitrogens with zero attached hydrogens (tertiary/aromatic N) is 2. The van der Waals surface area contributed by atoms with Gasteiger partial charge in [-0.15, -0.1) is 0 Å². The van der Waals surface area contributed by atoms with Gasteiger partial charge >= 0.3 is 6.03 Å². The molecule has 0 radical (unpaired) electrons. The van der Waals surface area contributed by atoms with E-state index in [-0.39, 0.29) is 18.5 Å². The molecule has 0 aliphatic carbocycles. The van der Waals surface area contributed by atoms with Crippen LogP contribution in [-0.2, 0) is 4.79 Å². The molecule has 1 aromatic rings. The van der Waals surface area contributed by atoms with Crippen molar-refractivity contribution in [2.75, 3.05) is 25.0 Å². The van der Waals surface area contributed by atoms with E-state index in [9.17, 15) is 9.59 Å². The Morgan fingerprint density at radius 1 is 1.42 bits per heavy atom. The van der Waals surface area contributed by atoms with Crippen LogP contribution < -0.4 is 11.2 Å². The summed E-state index contributed by atoms with van der Waals surface area (Å²) in [4.78, 5) is 25.0. The molecule has 0 saturated carbocycles. The van der Waals surface area contributed by atoms with Crippen LogP contribution in [-0.4, -0.2) is 41.5 Å². The lowest BCUT2D eigenvalue weighted by atomic mass is 10.2. The SMILES string of the molecule is Cc1cccc(NC(=O)CN2CCCN(N)C2=O)c1. The number of amides is 3. The number of carbonyl (C=O) groups is 2. The van der Waals surface area contributed by atoms with Crippen molar-refractivity contribution in [1.82, 2.24) is 9.91 Å². The fraction of sp³-hybridized carbons (Fsp3) is 0.385. The van der Waals surface area contributed by atoms with Crippen LogP contribution in [0.25, 0.3) is 0 Å². The quantitative estimate of drug-likeness (QED) is 0.628. The first-order valence-corrected chi connectivity index (χ1v) is 6.24. The molecule has 0 spiro atoms.